The summed E-state index contributed by atoms with van der Waals surface area (Å²) in [5, 5.41) is 0. The van der Waals surface area contributed by atoms with Crippen molar-refractivity contribution in [1.82, 2.24) is 0 Å². The fraction of sp³-hybridized carbons (Fsp3) is 0.143. The summed E-state index contributed by atoms with van der Waals surface area (Å²) >= 11 is 0. The Bertz CT molecular complexity index is 1120. The van der Waals surface area contributed by atoms with Gasteiger partial charge in [-0.25, -0.2) is 0 Å². The van der Waals surface area contributed by atoms with Crippen LogP contribution in [0.1, 0.15) is 34.7 Å². The van der Waals surface area contributed by atoms with Crippen molar-refractivity contribution < 1.29 is 0 Å². The van der Waals surface area contributed by atoms with E-state index in [0.29, 0.717) is 0 Å². The van der Waals surface area contributed by atoms with Gasteiger partial charge in [-0.3, -0.25) is 0 Å². The van der Waals surface area contributed by atoms with E-state index in [2.05, 4.69) is 93.6 Å². The summed E-state index contributed by atoms with van der Waals surface area (Å²) in [6, 6.07) is 31.6. The van der Waals surface area contributed by atoms with Crippen LogP contribution in [-0.4, -0.2) is 0 Å². The van der Waals surface area contributed by atoms with Crippen molar-refractivity contribution in [2.75, 3.05) is 11.5 Å². The zero-order valence-electron chi connectivity index (χ0n) is 17.8. The molecule has 0 amide bonds. The van der Waals surface area contributed by atoms with E-state index in [1.807, 2.05) is 18.2 Å². The largest absolute Gasteiger partial charge is 0.398 e. The minimum atomic E-state index is -0.471. The number of nitrogens with two attached hydrogens (primary N) is 2. The molecule has 2 nitrogen and oxygen atoms in total. The van der Waals surface area contributed by atoms with Gasteiger partial charge in [-0.2, -0.15) is 0 Å². The summed E-state index contributed by atoms with van der Waals surface area (Å²) in [4.78, 5) is 0. The van der Waals surface area contributed by atoms with Crippen molar-refractivity contribution in [2.24, 2.45) is 0 Å². The fourth-order valence-corrected chi connectivity index (χ4v) is 4.29. The highest BCUT2D eigenvalue weighted by atomic mass is 14.6. The lowest BCUT2D eigenvalue weighted by atomic mass is 9.69. The molecule has 4 aromatic rings. The van der Waals surface area contributed by atoms with Crippen molar-refractivity contribution in [3.63, 3.8) is 0 Å². The Labute approximate surface area is 179 Å². The van der Waals surface area contributed by atoms with E-state index >= 15 is 0 Å². The minimum Gasteiger partial charge on any atom is -0.398 e. The molecule has 0 saturated carbocycles. The van der Waals surface area contributed by atoms with Crippen LogP contribution in [0.15, 0.2) is 91.0 Å². The number of hydrogen-bond acceptors (Lipinski definition) is 2. The Morgan fingerprint density at radius 3 is 1.53 bits per heavy atom. The lowest BCUT2D eigenvalue weighted by molar-refractivity contribution is 0.696. The Balaban J connectivity index is 1.94. The molecule has 150 valence electrons. The van der Waals surface area contributed by atoms with Gasteiger partial charge in [0.15, 0.2) is 0 Å². The third-order valence-electron chi connectivity index (χ3n) is 6.06. The molecule has 0 heterocycles. The highest BCUT2D eigenvalue weighted by Gasteiger charge is 2.34. The quantitative estimate of drug-likeness (QED) is 0.308. The molecule has 2 heteroatoms. The Morgan fingerprint density at radius 1 is 0.567 bits per heavy atom. The van der Waals surface area contributed by atoms with Crippen LogP contribution in [0.3, 0.4) is 0 Å². The number of nitrogen functional groups attached to an aromatic ring is 2. The van der Waals surface area contributed by atoms with E-state index < -0.39 is 5.41 Å². The monoisotopic (exact) mass is 392 g/mol. The van der Waals surface area contributed by atoms with Crippen molar-refractivity contribution in [3.8, 4) is 11.1 Å². The standard InChI is InChI=1S/C28H28N2/c1-19-9-15-26(29)24(17-19)28(3,25-18-20(2)10-16-27(25)30)23-13-11-22(12-14-23)21-7-5-4-6-8-21/h4-18H,29-30H2,1-3H3. The Kier molecular flexibility index (Phi) is 5.09. The zero-order chi connectivity index (χ0) is 21.3. The van der Waals surface area contributed by atoms with Gasteiger partial charge in [0.1, 0.15) is 0 Å². The second-order valence-electron chi connectivity index (χ2n) is 8.25. The number of anilines is 2. The fourth-order valence-electron chi connectivity index (χ4n) is 4.29. The Morgan fingerprint density at radius 2 is 1.03 bits per heavy atom. The SMILES string of the molecule is Cc1ccc(N)c(C(C)(c2ccc(-c3ccccc3)cc2)c2cc(C)ccc2N)c1. The molecular formula is C28H28N2. The first-order chi connectivity index (χ1) is 14.4. The topological polar surface area (TPSA) is 52.0 Å². The molecule has 0 aromatic heterocycles. The number of aryl methyl sites for hydroxylation is 2. The van der Waals surface area contributed by atoms with Crippen LogP contribution in [0.2, 0.25) is 0 Å². The zero-order valence-corrected chi connectivity index (χ0v) is 17.8. The number of rotatable bonds is 4. The Hall–Kier alpha value is -3.52. The van der Waals surface area contributed by atoms with Crippen LogP contribution in [0.5, 0.6) is 0 Å². The third-order valence-corrected chi connectivity index (χ3v) is 6.06. The van der Waals surface area contributed by atoms with Crippen molar-refractivity contribution in [1.29, 1.82) is 0 Å². The lowest BCUT2D eigenvalue weighted by Crippen LogP contribution is -2.28. The molecule has 4 N–H and O–H groups in total. The van der Waals surface area contributed by atoms with Gasteiger partial charge in [-0.1, -0.05) is 90.0 Å². The highest BCUT2D eigenvalue weighted by Crippen LogP contribution is 2.44. The maximum atomic E-state index is 6.52. The average Bonchev–Trinajstić information content (AvgIpc) is 2.77. The molecule has 0 bridgehead atoms. The van der Waals surface area contributed by atoms with E-state index in [1.165, 1.54) is 22.3 Å². The van der Waals surface area contributed by atoms with Crippen LogP contribution < -0.4 is 11.5 Å². The van der Waals surface area contributed by atoms with E-state index in [0.717, 1.165) is 28.1 Å². The summed E-state index contributed by atoms with van der Waals surface area (Å²) in [7, 11) is 0. The van der Waals surface area contributed by atoms with Gasteiger partial charge in [0.25, 0.3) is 0 Å². The van der Waals surface area contributed by atoms with Gasteiger partial charge in [-0.05, 0) is 60.7 Å². The van der Waals surface area contributed by atoms with Gasteiger partial charge in [0.05, 0.1) is 0 Å². The molecule has 30 heavy (non-hydrogen) atoms. The van der Waals surface area contributed by atoms with Crippen LogP contribution in [-0.2, 0) is 5.41 Å². The first-order valence-electron chi connectivity index (χ1n) is 10.3. The van der Waals surface area contributed by atoms with Crippen LogP contribution in [0.25, 0.3) is 11.1 Å². The lowest BCUT2D eigenvalue weighted by Gasteiger charge is -2.34. The molecule has 0 saturated heterocycles. The molecule has 0 aliphatic carbocycles. The number of benzene rings is 4. The molecule has 0 spiro atoms. The summed E-state index contributed by atoms with van der Waals surface area (Å²) in [5.74, 6) is 0. The van der Waals surface area contributed by atoms with E-state index in [1.54, 1.807) is 0 Å². The smallest absolute Gasteiger partial charge is 0.0464 e. The summed E-state index contributed by atoms with van der Waals surface area (Å²) in [6.45, 7) is 6.42. The molecule has 0 atom stereocenters. The molecule has 0 radical (unpaired) electrons. The second kappa shape index (κ2) is 7.72. The maximum absolute atomic E-state index is 6.52. The molecular weight excluding hydrogens is 364 g/mol. The first kappa shape index (κ1) is 19.8. The molecule has 0 unspecified atom stereocenters. The van der Waals surface area contributed by atoms with Crippen molar-refractivity contribution >= 4 is 11.4 Å². The molecule has 4 aromatic carbocycles. The first-order valence-corrected chi connectivity index (χ1v) is 10.3. The van der Waals surface area contributed by atoms with Crippen molar-refractivity contribution in [3.05, 3.63) is 119 Å². The van der Waals surface area contributed by atoms with Gasteiger partial charge in [0, 0.05) is 16.8 Å². The van der Waals surface area contributed by atoms with Gasteiger partial charge in [0.2, 0.25) is 0 Å². The van der Waals surface area contributed by atoms with Gasteiger partial charge < -0.3 is 11.5 Å². The second-order valence-corrected chi connectivity index (χ2v) is 8.25. The predicted molar refractivity (Wildman–Crippen MR) is 129 cm³/mol. The average molecular weight is 393 g/mol. The van der Waals surface area contributed by atoms with Gasteiger partial charge >= 0.3 is 0 Å². The van der Waals surface area contributed by atoms with Crippen LogP contribution >= 0.6 is 0 Å². The van der Waals surface area contributed by atoms with Crippen LogP contribution in [0.4, 0.5) is 11.4 Å². The molecule has 0 aliphatic rings. The maximum Gasteiger partial charge on any atom is 0.0464 e. The highest BCUT2D eigenvalue weighted by molar-refractivity contribution is 5.69. The summed E-state index contributed by atoms with van der Waals surface area (Å²) < 4.78 is 0. The molecule has 0 fully saturated rings. The van der Waals surface area contributed by atoms with E-state index in [4.69, 9.17) is 11.5 Å². The summed E-state index contributed by atoms with van der Waals surface area (Å²) in [6.07, 6.45) is 0. The minimum absolute atomic E-state index is 0.471. The van der Waals surface area contributed by atoms with Gasteiger partial charge in [-0.15, -0.1) is 0 Å². The summed E-state index contributed by atoms with van der Waals surface area (Å²) in [5.41, 5.74) is 22.2. The van der Waals surface area contributed by atoms with Crippen molar-refractivity contribution in [2.45, 2.75) is 26.2 Å². The number of hydrogen-bond donors (Lipinski definition) is 2. The van der Waals surface area contributed by atoms with Crippen LogP contribution in [0, 0.1) is 13.8 Å². The van der Waals surface area contributed by atoms with E-state index in [9.17, 15) is 0 Å². The third kappa shape index (κ3) is 3.46. The van der Waals surface area contributed by atoms with E-state index in [-0.39, 0.29) is 0 Å². The molecule has 4 rings (SSSR count). The molecule has 0 aliphatic heterocycles. The predicted octanol–water partition coefficient (Wildman–Crippen LogP) is 6.49. The normalized spacial score (nSPS) is 11.4.